The summed E-state index contributed by atoms with van der Waals surface area (Å²) in [6.07, 6.45) is -1.50. The topological polar surface area (TPSA) is 41.1 Å². The van der Waals surface area contributed by atoms with Crippen molar-refractivity contribution in [2.45, 2.75) is 12.6 Å². The Balaban J connectivity index is 1.94. The van der Waals surface area contributed by atoms with E-state index in [1.165, 1.54) is 12.1 Å². The minimum atomic E-state index is -4.38. The van der Waals surface area contributed by atoms with Gasteiger partial charge in [0.15, 0.2) is 0 Å². The van der Waals surface area contributed by atoms with E-state index in [4.69, 9.17) is 0 Å². The molecule has 0 spiro atoms. The Morgan fingerprint density at radius 2 is 1.95 bits per heavy atom. The van der Waals surface area contributed by atoms with Crippen LogP contribution in [0.2, 0.25) is 0 Å². The molecule has 6 heteroatoms. The monoisotopic (exact) mass is 284 g/mol. The molecule has 0 unspecified atom stereocenters. The number of carbonyl (C=O) groups excluding carboxylic acids is 1. The largest absolute Gasteiger partial charge is 0.416 e. The zero-order valence-electron chi connectivity index (χ0n) is 10.8. The molecular formula is C14H15F3N2O. The van der Waals surface area contributed by atoms with Gasteiger partial charge in [-0.2, -0.15) is 13.2 Å². The van der Waals surface area contributed by atoms with E-state index in [2.05, 4.69) is 10.6 Å². The Hall–Kier alpha value is -1.82. The molecule has 1 heterocycles. The van der Waals surface area contributed by atoms with E-state index < -0.39 is 11.7 Å². The van der Waals surface area contributed by atoms with Gasteiger partial charge >= 0.3 is 6.18 Å². The molecule has 0 aliphatic carbocycles. The SMILES string of the molecule is O=C(NCC1=CCNCC1)c1ccc(C(F)(F)F)cc1. The first kappa shape index (κ1) is 14.6. The first-order valence-electron chi connectivity index (χ1n) is 6.31. The second kappa shape index (κ2) is 6.09. The van der Waals surface area contributed by atoms with Gasteiger partial charge in [-0.05, 0) is 37.2 Å². The van der Waals surface area contributed by atoms with Gasteiger partial charge in [-0.3, -0.25) is 4.79 Å². The van der Waals surface area contributed by atoms with Crippen LogP contribution in [0.4, 0.5) is 13.2 Å². The third-order valence-corrected chi connectivity index (χ3v) is 3.11. The van der Waals surface area contributed by atoms with Crippen molar-refractivity contribution in [3.8, 4) is 0 Å². The van der Waals surface area contributed by atoms with E-state index in [0.717, 1.165) is 37.2 Å². The van der Waals surface area contributed by atoms with Crippen LogP contribution in [-0.4, -0.2) is 25.5 Å². The van der Waals surface area contributed by atoms with Gasteiger partial charge in [0.1, 0.15) is 0 Å². The van der Waals surface area contributed by atoms with E-state index in [1.54, 1.807) is 0 Å². The minimum absolute atomic E-state index is 0.229. The highest BCUT2D eigenvalue weighted by Crippen LogP contribution is 2.29. The van der Waals surface area contributed by atoms with Crippen LogP contribution in [0.5, 0.6) is 0 Å². The Kier molecular flexibility index (Phi) is 4.44. The second-order valence-electron chi connectivity index (χ2n) is 4.57. The number of halogens is 3. The predicted octanol–water partition coefficient (Wildman–Crippen LogP) is 2.35. The minimum Gasteiger partial charge on any atom is -0.348 e. The van der Waals surface area contributed by atoms with Crippen LogP contribution >= 0.6 is 0 Å². The molecule has 2 rings (SSSR count). The highest BCUT2D eigenvalue weighted by Gasteiger charge is 2.30. The molecule has 0 fully saturated rings. The molecule has 20 heavy (non-hydrogen) atoms. The lowest BCUT2D eigenvalue weighted by atomic mass is 10.1. The number of rotatable bonds is 3. The summed E-state index contributed by atoms with van der Waals surface area (Å²) >= 11 is 0. The number of hydrogen-bond acceptors (Lipinski definition) is 2. The smallest absolute Gasteiger partial charge is 0.348 e. The normalized spacial score (nSPS) is 15.7. The number of carbonyl (C=O) groups is 1. The summed E-state index contributed by atoms with van der Waals surface area (Å²) < 4.78 is 37.2. The van der Waals surface area contributed by atoms with Gasteiger partial charge in [-0.15, -0.1) is 0 Å². The van der Waals surface area contributed by atoms with Gasteiger partial charge in [0.05, 0.1) is 5.56 Å². The highest BCUT2D eigenvalue weighted by atomic mass is 19.4. The van der Waals surface area contributed by atoms with E-state index in [9.17, 15) is 18.0 Å². The van der Waals surface area contributed by atoms with Crippen LogP contribution in [0.3, 0.4) is 0 Å². The molecule has 108 valence electrons. The summed E-state index contributed by atoms with van der Waals surface area (Å²) in [5.74, 6) is -0.363. The average Bonchev–Trinajstić information content (AvgIpc) is 2.45. The van der Waals surface area contributed by atoms with Crippen LogP contribution in [-0.2, 0) is 6.18 Å². The molecule has 3 nitrogen and oxygen atoms in total. The van der Waals surface area contributed by atoms with Gasteiger partial charge in [0.25, 0.3) is 5.91 Å². The molecule has 0 aromatic heterocycles. The number of hydrogen-bond donors (Lipinski definition) is 2. The third kappa shape index (κ3) is 3.84. The van der Waals surface area contributed by atoms with Crippen molar-refractivity contribution in [3.05, 3.63) is 47.0 Å². The van der Waals surface area contributed by atoms with Crippen LogP contribution in [0.15, 0.2) is 35.9 Å². The van der Waals surface area contributed by atoms with Crippen molar-refractivity contribution >= 4 is 5.91 Å². The lowest BCUT2D eigenvalue weighted by Crippen LogP contribution is -2.29. The molecular weight excluding hydrogens is 269 g/mol. The second-order valence-corrected chi connectivity index (χ2v) is 4.57. The zero-order valence-corrected chi connectivity index (χ0v) is 10.8. The standard InChI is InChI=1S/C14H15F3N2O/c15-14(16,17)12-3-1-11(2-4-12)13(20)19-9-10-5-7-18-8-6-10/h1-5,18H,6-9H2,(H,19,20). The molecule has 1 aliphatic heterocycles. The van der Waals surface area contributed by atoms with Gasteiger partial charge in [-0.1, -0.05) is 11.6 Å². The van der Waals surface area contributed by atoms with Crippen molar-refractivity contribution in [3.63, 3.8) is 0 Å². The fourth-order valence-corrected chi connectivity index (χ4v) is 1.94. The summed E-state index contributed by atoms with van der Waals surface area (Å²) in [5.41, 5.74) is 0.603. The van der Waals surface area contributed by atoms with Crippen molar-refractivity contribution in [2.24, 2.45) is 0 Å². The van der Waals surface area contributed by atoms with Gasteiger partial charge < -0.3 is 10.6 Å². The van der Waals surface area contributed by atoms with Crippen molar-refractivity contribution in [1.29, 1.82) is 0 Å². The van der Waals surface area contributed by atoms with Crippen molar-refractivity contribution in [1.82, 2.24) is 10.6 Å². The van der Waals surface area contributed by atoms with Gasteiger partial charge in [-0.25, -0.2) is 0 Å². The first-order valence-corrected chi connectivity index (χ1v) is 6.31. The fourth-order valence-electron chi connectivity index (χ4n) is 1.94. The van der Waals surface area contributed by atoms with Crippen LogP contribution in [0.25, 0.3) is 0 Å². The molecule has 1 amide bonds. The van der Waals surface area contributed by atoms with Gasteiger partial charge in [0, 0.05) is 18.7 Å². The lowest BCUT2D eigenvalue weighted by molar-refractivity contribution is -0.137. The van der Waals surface area contributed by atoms with Crippen LogP contribution in [0, 0.1) is 0 Å². The number of benzene rings is 1. The summed E-state index contributed by atoms with van der Waals surface area (Å²) in [4.78, 5) is 11.8. The maximum absolute atomic E-state index is 12.4. The average molecular weight is 284 g/mol. The molecule has 0 saturated heterocycles. The molecule has 1 aromatic carbocycles. The molecule has 0 saturated carbocycles. The Bertz CT molecular complexity index is 506. The molecule has 1 aliphatic rings. The number of alkyl halides is 3. The van der Waals surface area contributed by atoms with Crippen LogP contribution in [0.1, 0.15) is 22.3 Å². The molecule has 1 aromatic rings. The Morgan fingerprint density at radius 3 is 2.50 bits per heavy atom. The molecule has 2 N–H and O–H groups in total. The summed E-state index contributed by atoms with van der Waals surface area (Å²) in [6, 6.07) is 4.21. The maximum Gasteiger partial charge on any atom is 0.416 e. The van der Waals surface area contributed by atoms with E-state index >= 15 is 0 Å². The lowest BCUT2D eigenvalue weighted by Gasteiger charge is -2.14. The van der Waals surface area contributed by atoms with E-state index in [0.29, 0.717) is 6.54 Å². The third-order valence-electron chi connectivity index (χ3n) is 3.11. The fraction of sp³-hybridized carbons (Fsp3) is 0.357. The van der Waals surface area contributed by atoms with Crippen molar-refractivity contribution < 1.29 is 18.0 Å². The molecule has 0 radical (unpaired) electrons. The quantitative estimate of drug-likeness (QED) is 0.837. The van der Waals surface area contributed by atoms with Gasteiger partial charge in [0.2, 0.25) is 0 Å². The van der Waals surface area contributed by atoms with E-state index in [-0.39, 0.29) is 11.5 Å². The van der Waals surface area contributed by atoms with Crippen LogP contribution < -0.4 is 10.6 Å². The van der Waals surface area contributed by atoms with Crippen molar-refractivity contribution in [2.75, 3.05) is 19.6 Å². The zero-order chi connectivity index (χ0) is 14.6. The summed E-state index contributed by atoms with van der Waals surface area (Å²) in [5, 5.41) is 5.87. The summed E-state index contributed by atoms with van der Waals surface area (Å²) in [7, 11) is 0. The highest BCUT2D eigenvalue weighted by molar-refractivity contribution is 5.94. The predicted molar refractivity (Wildman–Crippen MR) is 69.3 cm³/mol. The summed E-state index contributed by atoms with van der Waals surface area (Å²) in [6.45, 7) is 2.09. The molecule has 0 atom stereocenters. The number of nitrogens with one attached hydrogen (secondary N) is 2. The maximum atomic E-state index is 12.4. The number of amides is 1. The Labute approximate surface area is 114 Å². The Morgan fingerprint density at radius 1 is 1.25 bits per heavy atom. The molecule has 0 bridgehead atoms. The first-order chi connectivity index (χ1) is 9.47. The van der Waals surface area contributed by atoms with E-state index in [1.807, 2.05) is 6.08 Å².